The molecule has 1 heterocycles. The highest BCUT2D eigenvalue weighted by Crippen LogP contribution is 2.26. The van der Waals surface area contributed by atoms with Crippen molar-refractivity contribution in [2.45, 2.75) is 5.92 Å². The predicted octanol–water partition coefficient (Wildman–Crippen LogP) is 1.60. The van der Waals surface area contributed by atoms with Crippen LogP contribution in [0.15, 0.2) is 42.5 Å². The Morgan fingerprint density at radius 2 is 1.93 bits per heavy atom. The summed E-state index contributed by atoms with van der Waals surface area (Å²) in [6, 6.07) is 10.7. The Hall–Kier alpha value is -1.12. The Morgan fingerprint density at radius 1 is 1.20 bits per heavy atom. The van der Waals surface area contributed by atoms with Gasteiger partial charge in [-0.1, -0.05) is 42.5 Å². The third kappa shape index (κ3) is 2.67. The van der Waals surface area contributed by atoms with Crippen molar-refractivity contribution < 1.29 is 0 Å². The molecule has 0 aliphatic carbocycles. The van der Waals surface area contributed by atoms with Crippen LogP contribution in [0.25, 0.3) is 0 Å². The molecule has 80 valence electrons. The first-order chi connectivity index (χ1) is 7.40. The van der Waals surface area contributed by atoms with E-state index in [-0.39, 0.29) is 0 Å². The van der Waals surface area contributed by atoms with Crippen LogP contribution in [0.4, 0.5) is 0 Å². The molecule has 0 atom stereocenters. The molecule has 2 heteroatoms. The molecule has 0 amide bonds. The summed E-state index contributed by atoms with van der Waals surface area (Å²) >= 11 is 0. The molecule has 15 heavy (non-hydrogen) atoms. The summed E-state index contributed by atoms with van der Waals surface area (Å²) in [5, 5.41) is 0. The van der Waals surface area contributed by atoms with Crippen LogP contribution in [-0.2, 0) is 0 Å². The largest absolute Gasteiger partial charge is 0.327 e. The molecule has 2 N–H and O–H groups in total. The van der Waals surface area contributed by atoms with Crippen molar-refractivity contribution >= 4 is 0 Å². The lowest BCUT2D eigenvalue weighted by atomic mass is 9.91. The minimum absolute atomic E-state index is 0.649. The molecule has 2 nitrogen and oxygen atoms in total. The zero-order valence-corrected chi connectivity index (χ0v) is 8.97. The van der Waals surface area contributed by atoms with Gasteiger partial charge in [0.15, 0.2) is 0 Å². The summed E-state index contributed by atoms with van der Waals surface area (Å²) in [6.45, 7) is 4.05. The standard InChI is InChI=1S/C13H18N2/c14-8-4-5-9-15-10-13(11-15)12-6-2-1-3-7-12/h1-7,13H,8-11,14H2/b5-4+. The lowest BCUT2D eigenvalue weighted by Crippen LogP contribution is -2.44. The van der Waals surface area contributed by atoms with Crippen LogP contribution in [0, 0.1) is 0 Å². The van der Waals surface area contributed by atoms with Gasteiger partial charge in [-0.3, -0.25) is 4.90 Å². The molecule has 0 radical (unpaired) electrons. The second-order valence-electron chi connectivity index (χ2n) is 4.03. The maximum Gasteiger partial charge on any atom is 0.0164 e. The summed E-state index contributed by atoms with van der Waals surface area (Å²) in [5.74, 6) is 0.734. The molecule has 1 aliphatic heterocycles. The fourth-order valence-corrected chi connectivity index (χ4v) is 1.97. The van der Waals surface area contributed by atoms with Crippen LogP contribution >= 0.6 is 0 Å². The van der Waals surface area contributed by atoms with Crippen LogP contribution < -0.4 is 5.73 Å². The number of rotatable bonds is 4. The van der Waals surface area contributed by atoms with Gasteiger partial charge in [0.1, 0.15) is 0 Å². The first kappa shape index (κ1) is 10.4. The van der Waals surface area contributed by atoms with E-state index in [1.54, 1.807) is 0 Å². The van der Waals surface area contributed by atoms with Crippen LogP contribution in [0.2, 0.25) is 0 Å². The van der Waals surface area contributed by atoms with Crippen molar-refractivity contribution in [3.63, 3.8) is 0 Å². The van der Waals surface area contributed by atoms with Gasteiger partial charge in [0.05, 0.1) is 0 Å². The SMILES string of the molecule is NC/C=C/CN1CC(c2ccccc2)C1. The van der Waals surface area contributed by atoms with Gasteiger partial charge in [0, 0.05) is 32.1 Å². The minimum atomic E-state index is 0.649. The maximum absolute atomic E-state index is 5.39. The summed E-state index contributed by atoms with van der Waals surface area (Å²) in [7, 11) is 0. The number of benzene rings is 1. The maximum atomic E-state index is 5.39. The van der Waals surface area contributed by atoms with Gasteiger partial charge in [0.2, 0.25) is 0 Å². The second kappa shape index (κ2) is 5.10. The van der Waals surface area contributed by atoms with Crippen molar-refractivity contribution in [3.8, 4) is 0 Å². The fourth-order valence-electron chi connectivity index (χ4n) is 1.97. The summed E-state index contributed by atoms with van der Waals surface area (Å²) in [6.07, 6.45) is 4.18. The van der Waals surface area contributed by atoms with Crippen LogP contribution in [0.1, 0.15) is 11.5 Å². The van der Waals surface area contributed by atoms with E-state index < -0.39 is 0 Å². The van der Waals surface area contributed by atoms with Crippen LogP contribution in [0.5, 0.6) is 0 Å². The van der Waals surface area contributed by atoms with Gasteiger partial charge < -0.3 is 5.73 Å². The zero-order chi connectivity index (χ0) is 10.5. The molecule has 0 unspecified atom stereocenters. The van der Waals surface area contributed by atoms with E-state index in [9.17, 15) is 0 Å². The molecule has 1 saturated heterocycles. The summed E-state index contributed by atoms with van der Waals surface area (Å²) in [5.41, 5.74) is 6.86. The van der Waals surface area contributed by atoms with Crippen LogP contribution in [0.3, 0.4) is 0 Å². The van der Waals surface area contributed by atoms with Gasteiger partial charge in [-0.15, -0.1) is 0 Å². The predicted molar refractivity (Wildman–Crippen MR) is 63.8 cm³/mol. The highest BCUT2D eigenvalue weighted by molar-refractivity contribution is 5.22. The number of hydrogen-bond donors (Lipinski definition) is 1. The van der Waals surface area contributed by atoms with E-state index in [0.717, 1.165) is 12.5 Å². The van der Waals surface area contributed by atoms with E-state index in [1.807, 2.05) is 6.08 Å². The van der Waals surface area contributed by atoms with Gasteiger partial charge in [-0.25, -0.2) is 0 Å². The Labute approximate surface area is 91.4 Å². The smallest absolute Gasteiger partial charge is 0.0164 e. The molecule has 0 spiro atoms. The van der Waals surface area contributed by atoms with E-state index in [4.69, 9.17) is 5.73 Å². The van der Waals surface area contributed by atoms with Gasteiger partial charge in [0.25, 0.3) is 0 Å². The van der Waals surface area contributed by atoms with E-state index >= 15 is 0 Å². The quantitative estimate of drug-likeness (QED) is 0.751. The van der Waals surface area contributed by atoms with Crippen molar-refractivity contribution in [2.75, 3.05) is 26.2 Å². The molecular weight excluding hydrogens is 184 g/mol. The lowest BCUT2D eigenvalue weighted by Gasteiger charge is -2.39. The fraction of sp³-hybridized carbons (Fsp3) is 0.385. The highest BCUT2D eigenvalue weighted by Gasteiger charge is 2.26. The van der Waals surface area contributed by atoms with E-state index in [0.29, 0.717) is 6.54 Å². The highest BCUT2D eigenvalue weighted by atomic mass is 15.2. The number of nitrogens with two attached hydrogens (primary N) is 1. The normalized spacial score (nSPS) is 18.2. The average Bonchev–Trinajstić information content (AvgIpc) is 2.23. The van der Waals surface area contributed by atoms with Crippen molar-refractivity contribution in [1.82, 2.24) is 4.90 Å². The number of hydrogen-bond acceptors (Lipinski definition) is 2. The molecule has 2 rings (SSSR count). The third-order valence-corrected chi connectivity index (χ3v) is 2.89. The molecule has 0 aromatic heterocycles. The lowest BCUT2D eigenvalue weighted by molar-refractivity contribution is 0.167. The average molecular weight is 202 g/mol. The third-order valence-electron chi connectivity index (χ3n) is 2.89. The van der Waals surface area contributed by atoms with Gasteiger partial charge in [-0.05, 0) is 5.56 Å². The number of nitrogens with zero attached hydrogens (tertiary/aromatic N) is 1. The Balaban J connectivity index is 1.76. The second-order valence-corrected chi connectivity index (χ2v) is 4.03. The Bertz CT molecular complexity index is 313. The summed E-state index contributed by atoms with van der Waals surface area (Å²) < 4.78 is 0. The zero-order valence-electron chi connectivity index (χ0n) is 8.97. The van der Waals surface area contributed by atoms with Crippen molar-refractivity contribution in [2.24, 2.45) is 5.73 Å². The van der Waals surface area contributed by atoms with E-state index in [1.165, 1.54) is 18.7 Å². The molecule has 1 aromatic rings. The van der Waals surface area contributed by atoms with Gasteiger partial charge >= 0.3 is 0 Å². The summed E-state index contributed by atoms with van der Waals surface area (Å²) in [4.78, 5) is 2.43. The Kier molecular flexibility index (Phi) is 3.54. The molecule has 1 aromatic carbocycles. The van der Waals surface area contributed by atoms with Crippen LogP contribution in [-0.4, -0.2) is 31.1 Å². The first-order valence-electron chi connectivity index (χ1n) is 5.52. The number of likely N-dealkylation sites (tertiary alicyclic amines) is 1. The van der Waals surface area contributed by atoms with Crippen molar-refractivity contribution in [1.29, 1.82) is 0 Å². The van der Waals surface area contributed by atoms with Crippen molar-refractivity contribution in [3.05, 3.63) is 48.0 Å². The minimum Gasteiger partial charge on any atom is -0.327 e. The molecule has 0 saturated carbocycles. The van der Waals surface area contributed by atoms with Gasteiger partial charge in [-0.2, -0.15) is 0 Å². The van der Waals surface area contributed by atoms with E-state index in [2.05, 4.69) is 41.3 Å². The monoisotopic (exact) mass is 202 g/mol. The topological polar surface area (TPSA) is 29.3 Å². The molecule has 1 fully saturated rings. The molecular formula is C13H18N2. The molecule has 1 aliphatic rings. The Morgan fingerprint density at radius 3 is 2.60 bits per heavy atom. The molecule has 0 bridgehead atoms. The first-order valence-corrected chi connectivity index (χ1v) is 5.52.